The molecule has 4 atom stereocenters. The molecule has 0 amide bonds. The Kier molecular flexibility index (Phi) is 5.83. The van der Waals surface area contributed by atoms with E-state index in [4.69, 9.17) is 32.7 Å². The Morgan fingerprint density at radius 3 is 2.57 bits per heavy atom. The fourth-order valence-electron chi connectivity index (χ4n) is 3.93. The Hall–Kier alpha value is -1.34. The van der Waals surface area contributed by atoms with Gasteiger partial charge in [-0.05, 0) is 35.7 Å². The van der Waals surface area contributed by atoms with Crippen molar-refractivity contribution >= 4 is 23.2 Å². The second-order valence-corrected chi connectivity index (χ2v) is 8.10. The summed E-state index contributed by atoms with van der Waals surface area (Å²) in [6, 6.07) is 9.55. The first kappa shape index (κ1) is 20.0. The Balaban J connectivity index is 1.71. The molecule has 150 valence electrons. The van der Waals surface area contributed by atoms with Gasteiger partial charge in [-0.15, -0.1) is 0 Å². The summed E-state index contributed by atoms with van der Waals surface area (Å²) >= 11 is 12.7. The summed E-state index contributed by atoms with van der Waals surface area (Å²) in [5, 5.41) is 31.1. The van der Waals surface area contributed by atoms with Crippen molar-refractivity contribution in [1.82, 2.24) is 0 Å². The summed E-state index contributed by atoms with van der Waals surface area (Å²) in [6.07, 6.45) is -1.89. The molecule has 0 radical (unpaired) electrons. The molecule has 4 rings (SSSR count). The molecule has 1 saturated heterocycles. The van der Waals surface area contributed by atoms with Crippen molar-refractivity contribution < 1.29 is 24.8 Å². The van der Waals surface area contributed by atoms with Gasteiger partial charge in [0.1, 0.15) is 18.0 Å². The molecule has 3 N–H and O–H groups in total. The maximum atomic E-state index is 10.2. The van der Waals surface area contributed by atoms with Gasteiger partial charge >= 0.3 is 0 Å². The van der Waals surface area contributed by atoms with Crippen molar-refractivity contribution in [3.63, 3.8) is 0 Å². The normalized spacial score (nSPS) is 26.8. The lowest BCUT2D eigenvalue weighted by atomic mass is 9.90. The van der Waals surface area contributed by atoms with Crippen LogP contribution in [0.2, 0.25) is 10.0 Å². The summed E-state index contributed by atoms with van der Waals surface area (Å²) in [5.74, 6) is 0.690. The minimum atomic E-state index is -1.11. The van der Waals surface area contributed by atoms with Crippen LogP contribution in [0, 0.1) is 0 Å². The highest BCUT2D eigenvalue weighted by atomic mass is 35.5. The molecule has 2 aliphatic rings. The maximum Gasteiger partial charge on any atom is 0.129 e. The first-order valence-electron chi connectivity index (χ1n) is 9.31. The van der Waals surface area contributed by atoms with Crippen LogP contribution in [0.4, 0.5) is 0 Å². The lowest BCUT2D eigenvalue weighted by molar-refractivity contribution is -0.181. The third kappa shape index (κ3) is 3.75. The van der Waals surface area contributed by atoms with Gasteiger partial charge in [-0.2, -0.15) is 0 Å². The molecule has 7 heteroatoms. The fraction of sp³-hybridized carbons (Fsp3) is 0.429. The van der Waals surface area contributed by atoms with E-state index in [1.165, 1.54) is 0 Å². The van der Waals surface area contributed by atoms with Crippen molar-refractivity contribution in [2.75, 3.05) is 13.2 Å². The highest BCUT2D eigenvalue weighted by molar-refractivity contribution is 6.32. The Labute approximate surface area is 173 Å². The van der Waals surface area contributed by atoms with Crippen LogP contribution in [-0.2, 0) is 17.6 Å². The van der Waals surface area contributed by atoms with E-state index >= 15 is 0 Å². The summed E-state index contributed by atoms with van der Waals surface area (Å²) in [7, 11) is 0. The average molecular weight is 425 g/mol. The number of rotatable bonds is 4. The molecule has 0 saturated carbocycles. The first-order chi connectivity index (χ1) is 13.5. The zero-order valence-electron chi connectivity index (χ0n) is 15.1. The Bertz CT molecular complexity index is 855. The van der Waals surface area contributed by atoms with Gasteiger partial charge in [-0.25, -0.2) is 0 Å². The maximum absolute atomic E-state index is 10.2. The van der Waals surface area contributed by atoms with E-state index in [1.807, 2.05) is 30.3 Å². The highest BCUT2D eigenvalue weighted by Crippen LogP contribution is 2.44. The zero-order chi connectivity index (χ0) is 19.8. The van der Waals surface area contributed by atoms with Gasteiger partial charge in [0.25, 0.3) is 0 Å². The van der Waals surface area contributed by atoms with E-state index in [9.17, 15) is 15.3 Å². The van der Waals surface area contributed by atoms with E-state index in [0.717, 1.165) is 22.3 Å². The quantitative estimate of drug-likeness (QED) is 0.702. The molecule has 0 bridgehead atoms. The van der Waals surface area contributed by atoms with Crippen LogP contribution in [0.5, 0.6) is 5.75 Å². The van der Waals surface area contributed by atoms with Gasteiger partial charge in [0.05, 0.1) is 30.4 Å². The number of halogens is 2. The molecule has 2 aliphatic heterocycles. The molecule has 28 heavy (non-hydrogen) atoms. The minimum absolute atomic E-state index is 0.218. The molecule has 0 aliphatic carbocycles. The number of hydrogen-bond acceptors (Lipinski definition) is 5. The standard InChI is InChI=1S/C21H22Cl2O5/c22-13-3-1-11(2-4-13)7-12-8-15(21-14(19(12)23)5-6-27-21)17-9-16(25)20(26)18(10-24)28-17/h1-4,8,16-18,20,24-26H,5-7,9-10H2/t16?,17?,18?,20-/m0/s1. The van der Waals surface area contributed by atoms with Crippen molar-refractivity contribution in [2.45, 2.75) is 43.7 Å². The van der Waals surface area contributed by atoms with E-state index in [1.54, 1.807) is 0 Å². The summed E-state index contributed by atoms with van der Waals surface area (Å²) in [6.45, 7) is 0.163. The van der Waals surface area contributed by atoms with Crippen LogP contribution in [0.1, 0.15) is 34.8 Å². The number of hydrogen-bond donors (Lipinski definition) is 3. The monoisotopic (exact) mass is 424 g/mol. The van der Waals surface area contributed by atoms with Crippen LogP contribution in [-0.4, -0.2) is 46.8 Å². The predicted molar refractivity (Wildman–Crippen MR) is 106 cm³/mol. The van der Waals surface area contributed by atoms with Gasteiger partial charge in [-0.1, -0.05) is 35.3 Å². The highest BCUT2D eigenvalue weighted by Gasteiger charge is 2.39. The second kappa shape index (κ2) is 8.19. The van der Waals surface area contributed by atoms with Crippen LogP contribution < -0.4 is 4.74 Å². The number of fused-ring (bicyclic) bond motifs is 1. The average Bonchev–Trinajstić information content (AvgIpc) is 3.18. The lowest BCUT2D eigenvalue weighted by Gasteiger charge is -2.37. The topological polar surface area (TPSA) is 79.2 Å². The molecule has 2 heterocycles. The number of ether oxygens (including phenoxy) is 2. The molecule has 0 spiro atoms. The predicted octanol–water partition coefficient (Wildman–Crippen LogP) is 3.06. The number of benzene rings is 2. The smallest absolute Gasteiger partial charge is 0.129 e. The van der Waals surface area contributed by atoms with Crippen LogP contribution in [0.3, 0.4) is 0 Å². The molecule has 2 aromatic rings. The lowest BCUT2D eigenvalue weighted by Crippen LogP contribution is -2.47. The molecular weight excluding hydrogens is 403 g/mol. The first-order valence-corrected chi connectivity index (χ1v) is 10.1. The van der Waals surface area contributed by atoms with E-state index in [0.29, 0.717) is 35.2 Å². The van der Waals surface area contributed by atoms with Gasteiger partial charge < -0.3 is 24.8 Å². The van der Waals surface area contributed by atoms with Crippen molar-refractivity contribution in [1.29, 1.82) is 0 Å². The second-order valence-electron chi connectivity index (χ2n) is 7.29. The Morgan fingerprint density at radius 1 is 1.11 bits per heavy atom. The van der Waals surface area contributed by atoms with Crippen LogP contribution in [0.25, 0.3) is 0 Å². The minimum Gasteiger partial charge on any atom is -0.493 e. The number of aliphatic hydroxyl groups is 3. The van der Waals surface area contributed by atoms with Gasteiger partial charge in [0.15, 0.2) is 0 Å². The fourth-order valence-corrected chi connectivity index (χ4v) is 4.36. The number of aliphatic hydroxyl groups excluding tert-OH is 3. The largest absolute Gasteiger partial charge is 0.493 e. The molecule has 2 aromatic carbocycles. The van der Waals surface area contributed by atoms with Gasteiger partial charge in [0.2, 0.25) is 0 Å². The van der Waals surface area contributed by atoms with Gasteiger partial charge in [-0.3, -0.25) is 0 Å². The van der Waals surface area contributed by atoms with Crippen molar-refractivity contribution in [2.24, 2.45) is 0 Å². The molecule has 5 nitrogen and oxygen atoms in total. The summed E-state index contributed by atoms with van der Waals surface area (Å²) < 4.78 is 11.7. The van der Waals surface area contributed by atoms with Crippen LogP contribution in [0.15, 0.2) is 30.3 Å². The molecule has 3 unspecified atom stereocenters. The zero-order valence-corrected chi connectivity index (χ0v) is 16.7. The molecule has 0 aromatic heterocycles. The summed E-state index contributed by atoms with van der Waals surface area (Å²) in [4.78, 5) is 0. The van der Waals surface area contributed by atoms with Crippen molar-refractivity contribution in [3.8, 4) is 5.75 Å². The van der Waals surface area contributed by atoms with Crippen molar-refractivity contribution in [3.05, 3.63) is 62.6 Å². The third-order valence-electron chi connectivity index (χ3n) is 5.42. The summed E-state index contributed by atoms with van der Waals surface area (Å²) in [5.41, 5.74) is 3.75. The third-order valence-corrected chi connectivity index (χ3v) is 6.14. The van der Waals surface area contributed by atoms with E-state index in [2.05, 4.69) is 0 Å². The van der Waals surface area contributed by atoms with Gasteiger partial charge in [0, 0.05) is 29.0 Å². The molecular formula is C21H22Cl2O5. The Morgan fingerprint density at radius 2 is 1.86 bits per heavy atom. The van der Waals surface area contributed by atoms with Crippen LogP contribution >= 0.6 is 23.2 Å². The SMILES string of the molecule is OCC1OC(c2cc(Cc3ccc(Cl)cc3)c(Cl)c3c2OCC3)CC(O)[C@@H]1O. The van der Waals surface area contributed by atoms with E-state index < -0.39 is 24.4 Å². The van der Waals surface area contributed by atoms with E-state index in [-0.39, 0.29) is 13.0 Å². The molecule has 1 fully saturated rings.